The zero-order valence-electron chi connectivity index (χ0n) is 29.5. The molecule has 0 amide bonds. The second-order valence-electron chi connectivity index (χ2n) is 14.0. The predicted octanol–water partition coefficient (Wildman–Crippen LogP) is 12.4. The molecule has 0 unspecified atom stereocenters. The minimum Gasteiger partial charge on any atom is -0.308 e. The van der Waals surface area contributed by atoms with Crippen LogP contribution in [0.1, 0.15) is 11.1 Å². The molecule has 8 aromatic carbocycles. The molecule has 254 valence electrons. The number of nitriles is 2. The van der Waals surface area contributed by atoms with E-state index in [1.54, 1.807) is 0 Å². The maximum absolute atomic E-state index is 10.7. The molecule has 0 aliphatic rings. The van der Waals surface area contributed by atoms with Crippen molar-refractivity contribution in [3.8, 4) is 40.3 Å². The third kappa shape index (κ3) is 4.39. The number of rotatable bonds is 4. The maximum atomic E-state index is 10.7. The van der Waals surface area contributed by atoms with Crippen LogP contribution in [0.3, 0.4) is 0 Å². The van der Waals surface area contributed by atoms with Crippen LogP contribution in [0.25, 0.3) is 93.6 Å². The van der Waals surface area contributed by atoms with E-state index in [1.807, 2.05) is 18.2 Å². The predicted molar refractivity (Wildman–Crippen MR) is 224 cm³/mol. The van der Waals surface area contributed by atoms with Gasteiger partial charge in [-0.1, -0.05) is 109 Å². The molecule has 0 N–H and O–H groups in total. The molecule has 0 saturated heterocycles. The molecular formula is C50H29N5. The van der Waals surface area contributed by atoms with Gasteiger partial charge in [-0.25, -0.2) is 0 Å². The lowest BCUT2D eigenvalue weighted by atomic mass is 10.00. The lowest BCUT2D eigenvalue weighted by Crippen LogP contribution is -2.02. The largest absolute Gasteiger partial charge is 0.308 e. The number of benzene rings is 8. The van der Waals surface area contributed by atoms with Crippen molar-refractivity contribution in [3.63, 3.8) is 0 Å². The Kier molecular flexibility index (Phi) is 6.61. The summed E-state index contributed by atoms with van der Waals surface area (Å²) in [6, 6.07) is 65.9. The number of para-hydroxylation sites is 6. The maximum Gasteiger partial charge on any atom is 0.101 e. The van der Waals surface area contributed by atoms with Crippen molar-refractivity contribution >= 4 is 65.4 Å². The van der Waals surface area contributed by atoms with Crippen molar-refractivity contribution in [1.82, 2.24) is 13.7 Å². The van der Waals surface area contributed by atoms with E-state index < -0.39 is 0 Å². The number of aromatic nitrogens is 3. The van der Waals surface area contributed by atoms with Crippen LogP contribution in [-0.2, 0) is 0 Å². The van der Waals surface area contributed by atoms with Crippen molar-refractivity contribution in [1.29, 1.82) is 10.5 Å². The summed E-state index contributed by atoms with van der Waals surface area (Å²) in [6.07, 6.45) is 0. The van der Waals surface area contributed by atoms with Gasteiger partial charge in [0.05, 0.1) is 67.4 Å². The molecule has 0 saturated carbocycles. The van der Waals surface area contributed by atoms with Crippen molar-refractivity contribution in [2.75, 3.05) is 0 Å². The summed E-state index contributed by atoms with van der Waals surface area (Å²) < 4.78 is 6.93. The first-order chi connectivity index (χ1) is 27.2. The second-order valence-corrected chi connectivity index (χ2v) is 14.0. The fraction of sp³-hybridized carbons (Fsp3) is 0. The zero-order valence-corrected chi connectivity index (χ0v) is 29.5. The van der Waals surface area contributed by atoms with Gasteiger partial charge in [0, 0.05) is 37.9 Å². The van der Waals surface area contributed by atoms with Crippen LogP contribution in [0.5, 0.6) is 0 Å². The van der Waals surface area contributed by atoms with E-state index in [9.17, 15) is 10.5 Å². The standard InChI is InChI=1S/C50H29N5/c51-30-32-24-26-48-41(28-32)39-16-5-9-21-46(39)54(48)49-23-11-17-40-38-15-4-10-22-47(38)55(50(40)49)43-18-6-1-12-35(43)33-25-27-42(34(29-33)31-52)53-44-19-7-2-13-36(44)37-14-3-8-20-45(37)53/h1-29H. The minimum atomic E-state index is 0.601. The molecule has 0 fully saturated rings. The quantitative estimate of drug-likeness (QED) is 0.184. The van der Waals surface area contributed by atoms with Crippen LogP contribution < -0.4 is 0 Å². The highest BCUT2D eigenvalue weighted by atomic mass is 15.1. The Hall–Kier alpha value is -7.86. The molecule has 11 rings (SSSR count). The van der Waals surface area contributed by atoms with E-state index in [4.69, 9.17) is 0 Å². The summed E-state index contributed by atoms with van der Waals surface area (Å²) in [4.78, 5) is 0. The van der Waals surface area contributed by atoms with Gasteiger partial charge in [-0.2, -0.15) is 10.5 Å². The molecule has 55 heavy (non-hydrogen) atoms. The molecule has 0 bridgehead atoms. The number of nitrogens with zero attached hydrogens (tertiary/aromatic N) is 5. The van der Waals surface area contributed by atoms with Crippen LogP contribution in [-0.4, -0.2) is 13.7 Å². The summed E-state index contributed by atoms with van der Waals surface area (Å²) in [5.74, 6) is 0. The minimum absolute atomic E-state index is 0.601. The lowest BCUT2D eigenvalue weighted by molar-refractivity contribution is 1.13. The van der Waals surface area contributed by atoms with E-state index in [0.29, 0.717) is 11.1 Å². The first-order valence-electron chi connectivity index (χ1n) is 18.3. The summed E-state index contributed by atoms with van der Waals surface area (Å²) in [7, 11) is 0. The van der Waals surface area contributed by atoms with Gasteiger partial charge in [0.2, 0.25) is 0 Å². The Morgan fingerprint density at radius 3 is 1.51 bits per heavy atom. The Morgan fingerprint density at radius 1 is 0.345 bits per heavy atom. The highest BCUT2D eigenvalue weighted by molar-refractivity contribution is 6.15. The highest BCUT2D eigenvalue weighted by Crippen LogP contribution is 2.42. The average molecular weight is 700 g/mol. The van der Waals surface area contributed by atoms with E-state index in [0.717, 1.165) is 93.6 Å². The molecule has 3 aromatic heterocycles. The monoisotopic (exact) mass is 699 g/mol. The van der Waals surface area contributed by atoms with Gasteiger partial charge in [-0.15, -0.1) is 0 Å². The molecule has 3 heterocycles. The second kappa shape index (κ2) is 11.8. The molecule has 0 atom stereocenters. The summed E-state index contributed by atoms with van der Waals surface area (Å²) >= 11 is 0. The van der Waals surface area contributed by atoms with Gasteiger partial charge in [0.15, 0.2) is 0 Å². The molecule has 11 aromatic rings. The number of fused-ring (bicyclic) bond motifs is 9. The third-order valence-electron chi connectivity index (χ3n) is 11.1. The molecule has 5 heteroatoms. The number of hydrogen-bond acceptors (Lipinski definition) is 2. The van der Waals surface area contributed by atoms with Crippen molar-refractivity contribution in [3.05, 3.63) is 187 Å². The average Bonchev–Trinajstić information content (AvgIpc) is 3.89. The van der Waals surface area contributed by atoms with E-state index in [-0.39, 0.29) is 0 Å². The van der Waals surface area contributed by atoms with E-state index >= 15 is 0 Å². The Morgan fingerprint density at radius 2 is 0.855 bits per heavy atom. The molecule has 0 spiro atoms. The van der Waals surface area contributed by atoms with E-state index in [1.165, 1.54) is 0 Å². The van der Waals surface area contributed by atoms with Crippen LogP contribution in [0, 0.1) is 22.7 Å². The molecule has 0 aliphatic heterocycles. The van der Waals surface area contributed by atoms with Crippen molar-refractivity contribution in [2.45, 2.75) is 0 Å². The first-order valence-corrected chi connectivity index (χ1v) is 18.3. The molecule has 0 radical (unpaired) electrons. The van der Waals surface area contributed by atoms with Crippen LogP contribution in [0.2, 0.25) is 0 Å². The van der Waals surface area contributed by atoms with Gasteiger partial charge >= 0.3 is 0 Å². The number of hydrogen-bond donors (Lipinski definition) is 0. The van der Waals surface area contributed by atoms with Crippen LogP contribution in [0.4, 0.5) is 0 Å². The lowest BCUT2D eigenvalue weighted by Gasteiger charge is -2.18. The van der Waals surface area contributed by atoms with Crippen LogP contribution in [0.15, 0.2) is 176 Å². The fourth-order valence-electron chi connectivity index (χ4n) is 8.82. The Labute approximate surface area is 316 Å². The zero-order chi connectivity index (χ0) is 36.6. The SMILES string of the molecule is N#Cc1ccc2c(c1)c1ccccc1n2-c1cccc2c3ccccc3n(-c3ccccc3-c3ccc(-n4c5ccccc5c5ccccc54)c(C#N)c3)c12. The van der Waals surface area contributed by atoms with Gasteiger partial charge in [0.1, 0.15) is 6.07 Å². The van der Waals surface area contributed by atoms with Gasteiger partial charge in [-0.05, 0) is 72.3 Å². The summed E-state index contributed by atoms with van der Waals surface area (Å²) in [5, 5.41) is 27.3. The Bertz CT molecular complexity index is 3420. The highest BCUT2D eigenvalue weighted by Gasteiger charge is 2.22. The van der Waals surface area contributed by atoms with E-state index in [2.05, 4.69) is 184 Å². The van der Waals surface area contributed by atoms with Crippen LogP contribution >= 0.6 is 0 Å². The van der Waals surface area contributed by atoms with Gasteiger partial charge in [-0.3, -0.25) is 0 Å². The summed E-state index contributed by atoms with van der Waals surface area (Å²) in [5.41, 5.74) is 12.5. The van der Waals surface area contributed by atoms with Gasteiger partial charge < -0.3 is 13.7 Å². The first kappa shape index (κ1) is 30.7. The van der Waals surface area contributed by atoms with Crippen molar-refractivity contribution < 1.29 is 0 Å². The smallest absolute Gasteiger partial charge is 0.101 e. The van der Waals surface area contributed by atoms with Gasteiger partial charge in [0.25, 0.3) is 0 Å². The molecule has 5 nitrogen and oxygen atoms in total. The molecular weight excluding hydrogens is 671 g/mol. The molecule has 0 aliphatic carbocycles. The topological polar surface area (TPSA) is 62.4 Å². The Balaban J connectivity index is 1.18. The third-order valence-corrected chi connectivity index (χ3v) is 11.1. The summed E-state index contributed by atoms with van der Waals surface area (Å²) in [6.45, 7) is 0. The fourth-order valence-corrected chi connectivity index (χ4v) is 8.82. The normalized spacial score (nSPS) is 11.6. The van der Waals surface area contributed by atoms with Crippen molar-refractivity contribution in [2.24, 2.45) is 0 Å².